The fraction of sp³-hybridized carbons (Fsp3) is 0.577. The summed E-state index contributed by atoms with van der Waals surface area (Å²) >= 11 is 0. The van der Waals surface area contributed by atoms with Crippen molar-refractivity contribution in [3.05, 3.63) is 58.7 Å². The molecule has 1 unspecified atom stereocenters. The summed E-state index contributed by atoms with van der Waals surface area (Å²) in [4.78, 5) is 12.0. The summed E-state index contributed by atoms with van der Waals surface area (Å²) in [6.45, 7) is 10.2. The van der Waals surface area contributed by atoms with Crippen molar-refractivity contribution >= 4 is 5.97 Å². The van der Waals surface area contributed by atoms with Gasteiger partial charge in [0.15, 0.2) is 6.29 Å². The number of esters is 1. The summed E-state index contributed by atoms with van der Waals surface area (Å²) in [6, 6.07) is 0. The fourth-order valence-electron chi connectivity index (χ4n) is 4.14. The minimum atomic E-state index is -1.67. The smallest absolute Gasteiger partial charge is 0.331 e. The molecule has 5 atom stereocenters. The second-order valence-corrected chi connectivity index (χ2v) is 9.59. The zero-order valence-corrected chi connectivity index (χ0v) is 20.2. The van der Waals surface area contributed by atoms with E-state index in [1.165, 1.54) is 30.1 Å². The van der Waals surface area contributed by atoms with Gasteiger partial charge in [0.05, 0.1) is 0 Å². The van der Waals surface area contributed by atoms with Crippen LogP contribution in [0.5, 0.6) is 0 Å². The van der Waals surface area contributed by atoms with Gasteiger partial charge in [-0.2, -0.15) is 0 Å². The molecule has 1 aliphatic heterocycles. The molecule has 7 heteroatoms. The lowest BCUT2D eigenvalue weighted by molar-refractivity contribution is -0.287. The molecule has 0 aromatic carbocycles. The Balaban J connectivity index is 1.88. The number of rotatable bonds is 7. The number of carbonyl (C=O) groups is 1. The largest absolute Gasteiger partial charge is 0.460 e. The summed E-state index contributed by atoms with van der Waals surface area (Å²) in [5.41, 5.74) is 4.82. The standard InChI is InChI=1S/C26H38O7/c1-16(11-12-19-18(3)10-7-13-26(19,4)5)8-6-9-17(2)14-21(27)32-15-20-22(28)23(29)24(30)25(31)33-20/h6,8-9,11-12,14,20,22-25,28-31H,7,10,13,15H2,1-5H3/b9-6+,12-11+,16-8+,17-14+/t20-,22+,23+,24-,25?/m1/s1. The number of hydrogen-bond acceptors (Lipinski definition) is 7. The van der Waals surface area contributed by atoms with Crippen LogP contribution in [0.3, 0.4) is 0 Å². The van der Waals surface area contributed by atoms with Crippen molar-refractivity contribution < 1.29 is 34.7 Å². The second kappa shape index (κ2) is 11.9. The molecular formula is C26H38O7. The number of aliphatic hydroxyl groups is 4. The molecule has 0 bridgehead atoms. The van der Waals surface area contributed by atoms with E-state index in [1.807, 2.05) is 19.1 Å². The highest BCUT2D eigenvalue weighted by Gasteiger charge is 2.43. The molecule has 2 aliphatic rings. The van der Waals surface area contributed by atoms with Gasteiger partial charge in [-0.15, -0.1) is 0 Å². The molecule has 0 radical (unpaired) electrons. The first-order chi connectivity index (χ1) is 15.4. The molecule has 184 valence electrons. The van der Waals surface area contributed by atoms with Crippen molar-refractivity contribution in [1.82, 2.24) is 0 Å². The maximum Gasteiger partial charge on any atom is 0.331 e. The lowest BCUT2D eigenvalue weighted by Crippen LogP contribution is -2.58. The lowest BCUT2D eigenvalue weighted by atomic mass is 9.72. The highest BCUT2D eigenvalue weighted by atomic mass is 16.6. The molecule has 1 saturated heterocycles. The Hall–Kier alpha value is -2.03. The summed E-state index contributed by atoms with van der Waals surface area (Å²) in [5.74, 6) is -0.648. The Bertz CT molecular complexity index is 847. The second-order valence-electron chi connectivity index (χ2n) is 9.59. The number of carbonyl (C=O) groups excluding carboxylic acids is 1. The molecular weight excluding hydrogens is 424 g/mol. The van der Waals surface area contributed by atoms with E-state index in [9.17, 15) is 25.2 Å². The van der Waals surface area contributed by atoms with Crippen LogP contribution in [0.25, 0.3) is 0 Å². The van der Waals surface area contributed by atoms with Gasteiger partial charge < -0.3 is 29.9 Å². The van der Waals surface area contributed by atoms with Crippen molar-refractivity contribution in [2.24, 2.45) is 5.41 Å². The van der Waals surface area contributed by atoms with E-state index < -0.39 is 36.7 Å². The van der Waals surface area contributed by atoms with Crippen LogP contribution in [0.4, 0.5) is 0 Å². The molecule has 1 heterocycles. The molecule has 0 aromatic rings. The van der Waals surface area contributed by atoms with Crippen LogP contribution in [0.1, 0.15) is 53.9 Å². The predicted octanol–water partition coefficient (Wildman–Crippen LogP) is 2.86. The zero-order valence-electron chi connectivity index (χ0n) is 20.2. The summed E-state index contributed by atoms with van der Waals surface area (Å²) in [7, 11) is 0. The maximum atomic E-state index is 12.0. The van der Waals surface area contributed by atoms with Gasteiger partial charge in [-0.3, -0.25) is 0 Å². The third-order valence-electron chi connectivity index (χ3n) is 6.20. The molecule has 0 saturated carbocycles. The maximum absolute atomic E-state index is 12.0. The van der Waals surface area contributed by atoms with E-state index in [0.29, 0.717) is 5.57 Å². The minimum absolute atomic E-state index is 0.198. The van der Waals surface area contributed by atoms with Gasteiger partial charge in [0, 0.05) is 6.08 Å². The fourth-order valence-corrected chi connectivity index (χ4v) is 4.14. The molecule has 1 aliphatic carbocycles. The predicted molar refractivity (Wildman–Crippen MR) is 126 cm³/mol. The third-order valence-corrected chi connectivity index (χ3v) is 6.20. The van der Waals surface area contributed by atoms with Crippen molar-refractivity contribution in [1.29, 1.82) is 0 Å². The van der Waals surface area contributed by atoms with Crippen molar-refractivity contribution in [2.75, 3.05) is 6.61 Å². The molecule has 7 nitrogen and oxygen atoms in total. The van der Waals surface area contributed by atoms with Gasteiger partial charge in [0.1, 0.15) is 31.0 Å². The molecule has 33 heavy (non-hydrogen) atoms. The quantitative estimate of drug-likeness (QED) is 0.261. The SMILES string of the molecule is CC1=C(/C=C/C(C)=C/C=C/C(C)=C/C(=O)OC[C@H]2OC(O)[C@H](O)[C@@H](O)[C@H]2O)C(C)(C)CCC1. The topological polar surface area (TPSA) is 116 Å². The monoisotopic (exact) mass is 462 g/mol. The zero-order chi connectivity index (χ0) is 24.8. The van der Waals surface area contributed by atoms with Crippen molar-refractivity contribution in [3.8, 4) is 0 Å². The number of aliphatic hydroxyl groups excluding tert-OH is 4. The van der Waals surface area contributed by atoms with Crippen molar-refractivity contribution in [3.63, 3.8) is 0 Å². The Labute approximate surface area is 196 Å². The Kier molecular flexibility index (Phi) is 9.82. The summed E-state index contributed by atoms with van der Waals surface area (Å²) in [6.07, 6.45) is 7.30. The van der Waals surface area contributed by atoms with E-state index in [2.05, 4.69) is 32.9 Å². The van der Waals surface area contributed by atoms with Crippen LogP contribution in [-0.2, 0) is 14.3 Å². The third kappa shape index (κ3) is 7.76. The van der Waals surface area contributed by atoms with Crippen LogP contribution in [0.2, 0.25) is 0 Å². The average Bonchev–Trinajstić information content (AvgIpc) is 2.73. The number of hydrogen-bond donors (Lipinski definition) is 4. The van der Waals surface area contributed by atoms with Gasteiger partial charge in [-0.05, 0) is 56.6 Å². The summed E-state index contributed by atoms with van der Waals surface area (Å²) in [5, 5.41) is 38.5. The van der Waals surface area contributed by atoms with Gasteiger partial charge in [0.25, 0.3) is 0 Å². The normalized spacial score (nSPS) is 31.5. The van der Waals surface area contributed by atoms with Gasteiger partial charge in [0.2, 0.25) is 0 Å². The van der Waals surface area contributed by atoms with Crippen LogP contribution in [0.15, 0.2) is 58.7 Å². The van der Waals surface area contributed by atoms with E-state index in [4.69, 9.17) is 9.47 Å². The minimum Gasteiger partial charge on any atom is -0.460 e. The Morgan fingerprint density at radius 3 is 2.45 bits per heavy atom. The van der Waals surface area contributed by atoms with E-state index in [1.54, 1.807) is 13.0 Å². The Morgan fingerprint density at radius 2 is 1.79 bits per heavy atom. The van der Waals surface area contributed by atoms with Crippen LogP contribution in [-0.4, -0.2) is 63.7 Å². The van der Waals surface area contributed by atoms with Gasteiger partial charge in [-0.1, -0.05) is 55.4 Å². The van der Waals surface area contributed by atoms with E-state index in [0.717, 1.165) is 12.0 Å². The van der Waals surface area contributed by atoms with Crippen LogP contribution >= 0.6 is 0 Å². The molecule has 0 aromatic heterocycles. The highest BCUT2D eigenvalue weighted by molar-refractivity contribution is 5.83. The molecule has 2 rings (SSSR count). The first-order valence-electron chi connectivity index (χ1n) is 11.4. The highest BCUT2D eigenvalue weighted by Crippen LogP contribution is 2.40. The first kappa shape index (κ1) is 27.2. The molecule has 0 spiro atoms. The molecule has 4 N–H and O–H groups in total. The summed E-state index contributed by atoms with van der Waals surface area (Å²) < 4.78 is 10.0. The average molecular weight is 463 g/mol. The lowest BCUT2D eigenvalue weighted by Gasteiger charge is -2.37. The van der Waals surface area contributed by atoms with Gasteiger partial charge >= 0.3 is 5.97 Å². The molecule has 1 fully saturated rings. The molecule has 0 amide bonds. The van der Waals surface area contributed by atoms with Crippen LogP contribution < -0.4 is 0 Å². The van der Waals surface area contributed by atoms with Gasteiger partial charge in [-0.25, -0.2) is 4.79 Å². The number of ether oxygens (including phenoxy) is 2. The van der Waals surface area contributed by atoms with Crippen molar-refractivity contribution in [2.45, 2.75) is 84.6 Å². The van der Waals surface area contributed by atoms with Crippen LogP contribution in [0, 0.1) is 5.41 Å². The van der Waals surface area contributed by atoms with E-state index >= 15 is 0 Å². The Morgan fingerprint density at radius 1 is 1.09 bits per heavy atom. The van der Waals surface area contributed by atoms with E-state index in [-0.39, 0.29) is 12.0 Å². The first-order valence-corrected chi connectivity index (χ1v) is 11.4. The number of allylic oxidation sites excluding steroid dienone is 9.